The molecule has 19 heavy (non-hydrogen) atoms. The monoisotopic (exact) mass is 277 g/mol. The van der Waals surface area contributed by atoms with Gasteiger partial charge >= 0.3 is 0 Å². The smallest absolute Gasteiger partial charge is 0.0745 e. The molecule has 1 heterocycles. The molecular weight excluding hydrogens is 258 g/mol. The van der Waals surface area contributed by atoms with Crippen molar-refractivity contribution in [1.82, 2.24) is 15.1 Å². The zero-order valence-electron chi connectivity index (χ0n) is 11.7. The summed E-state index contributed by atoms with van der Waals surface area (Å²) in [5.41, 5.74) is 3.49. The van der Waals surface area contributed by atoms with E-state index in [1.807, 2.05) is 26.2 Å². The molecule has 0 aliphatic rings. The van der Waals surface area contributed by atoms with Gasteiger partial charge in [0.05, 0.1) is 11.7 Å². The van der Waals surface area contributed by atoms with Gasteiger partial charge in [0.25, 0.3) is 0 Å². The molecule has 0 radical (unpaired) electrons. The first-order chi connectivity index (χ1) is 9.17. The second kappa shape index (κ2) is 6.22. The maximum Gasteiger partial charge on any atom is 0.0745 e. The highest BCUT2D eigenvalue weighted by atomic mass is 35.5. The Morgan fingerprint density at radius 1 is 1.37 bits per heavy atom. The fourth-order valence-corrected chi connectivity index (χ4v) is 2.44. The summed E-state index contributed by atoms with van der Waals surface area (Å²) < 4.78 is 2.06. The third kappa shape index (κ3) is 2.99. The second-order valence-corrected chi connectivity index (χ2v) is 5.12. The van der Waals surface area contributed by atoms with E-state index in [4.69, 9.17) is 11.6 Å². The van der Waals surface area contributed by atoms with Gasteiger partial charge in [-0.3, -0.25) is 4.68 Å². The molecule has 102 valence electrons. The molecule has 2 rings (SSSR count). The highest BCUT2D eigenvalue weighted by molar-refractivity contribution is 6.31. The van der Waals surface area contributed by atoms with Gasteiger partial charge in [-0.15, -0.1) is 0 Å². The average molecular weight is 278 g/mol. The number of rotatable bonds is 5. The number of halogens is 1. The molecule has 1 N–H and O–H groups in total. The summed E-state index contributed by atoms with van der Waals surface area (Å²) in [5.74, 6) is 0. The minimum atomic E-state index is 0.144. The molecule has 0 bridgehead atoms. The van der Waals surface area contributed by atoms with Crippen molar-refractivity contribution in [2.24, 2.45) is 0 Å². The van der Waals surface area contributed by atoms with Crippen molar-refractivity contribution in [1.29, 1.82) is 0 Å². The number of hydrogen-bond donors (Lipinski definition) is 1. The van der Waals surface area contributed by atoms with Gasteiger partial charge in [0.15, 0.2) is 0 Å². The SMILES string of the molecule is CCCn1nccc1C(NC)c1ccc(Cl)c(C)c1. The van der Waals surface area contributed by atoms with Gasteiger partial charge in [-0.25, -0.2) is 0 Å². The summed E-state index contributed by atoms with van der Waals surface area (Å²) in [5, 5.41) is 8.56. The third-order valence-corrected chi connectivity index (χ3v) is 3.71. The number of aryl methyl sites for hydroxylation is 2. The molecular formula is C15H20ClN3. The zero-order chi connectivity index (χ0) is 13.8. The summed E-state index contributed by atoms with van der Waals surface area (Å²) >= 11 is 6.10. The second-order valence-electron chi connectivity index (χ2n) is 4.71. The molecule has 0 aliphatic carbocycles. The molecule has 0 saturated heterocycles. The van der Waals surface area contributed by atoms with Crippen molar-refractivity contribution in [2.45, 2.75) is 32.9 Å². The molecule has 3 nitrogen and oxygen atoms in total. The Balaban J connectivity index is 2.38. The van der Waals surface area contributed by atoms with E-state index in [0.717, 1.165) is 23.6 Å². The molecule has 0 saturated carbocycles. The number of hydrogen-bond acceptors (Lipinski definition) is 2. The van der Waals surface area contributed by atoms with E-state index in [-0.39, 0.29) is 6.04 Å². The van der Waals surface area contributed by atoms with Crippen LogP contribution >= 0.6 is 11.6 Å². The lowest BCUT2D eigenvalue weighted by Gasteiger charge is -2.19. The fraction of sp³-hybridized carbons (Fsp3) is 0.400. The zero-order valence-corrected chi connectivity index (χ0v) is 12.4. The number of nitrogens with zero attached hydrogens (tertiary/aromatic N) is 2. The highest BCUT2D eigenvalue weighted by Gasteiger charge is 2.16. The minimum Gasteiger partial charge on any atom is -0.308 e. The molecule has 1 atom stereocenters. The predicted molar refractivity (Wildman–Crippen MR) is 79.6 cm³/mol. The van der Waals surface area contributed by atoms with Crippen molar-refractivity contribution in [3.63, 3.8) is 0 Å². The summed E-state index contributed by atoms with van der Waals surface area (Å²) in [6.45, 7) is 5.13. The molecule has 1 unspecified atom stereocenters. The maximum absolute atomic E-state index is 6.10. The maximum atomic E-state index is 6.10. The molecule has 0 aliphatic heterocycles. The molecule has 1 aromatic heterocycles. The Bertz CT molecular complexity index is 548. The normalized spacial score (nSPS) is 12.6. The first-order valence-electron chi connectivity index (χ1n) is 6.62. The standard InChI is InChI=1S/C15H20ClN3/c1-4-9-19-14(7-8-18-19)15(17-3)12-5-6-13(16)11(2)10-12/h5-8,10,15,17H,4,9H2,1-3H3. The number of nitrogens with one attached hydrogen (secondary N) is 1. The summed E-state index contributed by atoms with van der Waals surface area (Å²) in [6, 6.07) is 8.37. The van der Waals surface area contributed by atoms with Gasteiger partial charge in [-0.1, -0.05) is 30.7 Å². The van der Waals surface area contributed by atoms with E-state index < -0.39 is 0 Å². The van der Waals surface area contributed by atoms with Gasteiger partial charge in [-0.2, -0.15) is 5.10 Å². The average Bonchev–Trinajstić information content (AvgIpc) is 2.83. The lowest BCUT2D eigenvalue weighted by Crippen LogP contribution is -2.21. The molecule has 0 amide bonds. The largest absolute Gasteiger partial charge is 0.308 e. The Morgan fingerprint density at radius 3 is 2.79 bits per heavy atom. The van der Waals surface area contributed by atoms with Crippen LogP contribution in [0.15, 0.2) is 30.5 Å². The third-order valence-electron chi connectivity index (χ3n) is 3.28. The quantitative estimate of drug-likeness (QED) is 0.906. The number of aromatic nitrogens is 2. The summed E-state index contributed by atoms with van der Waals surface area (Å²) in [6.07, 6.45) is 2.93. The number of benzene rings is 1. The summed E-state index contributed by atoms with van der Waals surface area (Å²) in [4.78, 5) is 0. The van der Waals surface area contributed by atoms with Gasteiger partial charge in [0.2, 0.25) is 0 Å². The van der Waals surface area contributed by atoms with Crippen LogP contribution in [0.5, 0.6) is 0 Å². The lowest BCUT2D eigenvalue weighted by atomic mass is 10.0. The van der Waals surface area contributed by atoms with E-state index in [9.17, 15) is 0 Å². The summed E-state index contributed by atoms with van der Waals surface area (Å²) in [7, 11) is 1.97. The predicted octanol–water partition coefficient (Wildman–Crippen LogP) is 3.56. The first-order valence-corrected chi connectivity index (χ1v) is 7.00. The van der Waals surface area contributed by atoms with Crippen LogP contribution < -0.4 is 5.32 Å². The van der Waals surface area contributed by atoms with E-state index in [2.05, 4.69) is 40.2 Å². The van der Waals surface area contributed by atoms with Crippen molar-refractivity contribution in [3.05, 3.63) is 52.3 Å². The molecule has 0 fully saturated rings. The van der Waals surface area contributed by atoms with Crippen molar-refractivity contribution >= 4 is 11.6 Å². The molecule has 1 aromatic carbocycles. The topological polar surface area (TPSA) is 29.9 Å². The van der Waals surface area contributed by atoms with Gasteiger partial charge < -0.3 is 5.32 Å². The van der Waals surface area contributed by atoms with Gasteiger partial charge in [-0.05, 0) is 43.7 Å². The first kappa shape index (κ1) is 14.1. The van der Waals surface area contributed by atoms with Crippen molar-refractivity contribution in [3.8, 4) is 0 Å². The van der Waals surface area contributed by atoms with Crippen molar-refractivity contribution in [2.75, 3.05) is 7.05 Å². The van der Waals surface area contributed by atoms with Crippen LogP contribution in [-0.2, 0) is 6.54 Å². The van der Waals surface area contributed by atoms with Crippen LogP contribution in [0.4, 0.5) is 0 Å². The Hall–Kier alpha value is -1.32. The highest BCUT2D eigenvalue weighted by Crippen LogP contribution is 2.25. The van der Waals surface area contributed by atoms with E-state index in [1.54, 1.807) is 0 Å². The van der Waals surface area contributed by atoms with Crippen LogP contribution in [0, 0.1) is 6.92 Å². The van der Waals surface area contributed by atoms with E-state index >= 15 is 0 Å². The molecule has 4 heteroatoms. The molecule has 0 spiro atoms. The Labute approximate surface area is 119 Å². The fourth-order valence-electron chi connectivity index (χ4n) is 2.32. The van der Waals surface area contributed by atoms with Crippen LogP contribution in [0.3, 0.4) is 0 Å². The Kier molecular flexibility index (Phi) is 4.61. The Morgan fingerprint density at radius 2 is 2.16 bits per heavy atom. The molecule has 2 aromatic rings. The van der Waals surface area contributed by atoms with E-state index in [1.165, 1.54) is 11.3 Å². The van der Waals surface area contributed by atoms with Gasteiger partial charge in [0, 0.05) is 17.8 Å². The minimum absolute atomic E-state index is 0.144. The van der Waals surface area contributed by atoms with E-state index in [0.29, 0.717) is 0 Å². The van der Waals surface area contributed by atoms with Crippen LogP contribution in [0.2, 0.25) is 5.02 Å². The van der Waals surface area contributed by atoms with Gasteiger partial charge in [0.1, 0.15) is 0 Å². The van der Waals surface area contributed by atoms with Crippen LogP contribution in [0.1, 0.15) is 36.2 Å². The lowest BCUT2D eigenvalue weighted by molar-refractivity contribution is 0.534. The van der Waals surface area contributed by atoms with Crippen LogP contribution in [-0.4, -0.2) is 16.8 Å². The van der Waals surface area contributed by atoms with Crippen LogP contribution in [0.25, 0.3) is 0 Å². The van der Waals surface area contributed by atoms with Crippen molar-refractivity contribution < 1.29 is 0 Å².